The number of aromatic nitrogens is 2. The molecule has 0 aliphatic heterocycles. The van der Waals surface area contributed by atoms with Crippen LogP contribution in [0, 0.1) is 10.7 Å². The van der Waals surface area contributed by atoms with Gasteiger partial charge >= 0.3 is 0 Å². The average molecular weight is 352 g/mol. The minimum Gasteiger partial charge on any atom is -0.316 e. The number of thiocyanates is 1. The molecule has 0 spiro atoms. The highest BCUT2D eigenvalue weighted by Gasteiger charge is 2.07. The first kappa shape index (κ1) is 16.7. The Morgan fingerprint density at radius 1 is 1.12 bits per heavy atom. The summed E-state index contributed by atoms with van der Waals surface area (Å²) in [7, 11) is 0. The highest BCUT2D eigenvalue weighted by atomic mass is 32.2. The predicted molar refractivity (Wildman–Crippen MR) is 102 cm³/mol. The van der Waals surface area contributed by atoms with Crippen molar-refractivity contribution >= 4 is 23.5 Å². The zero-order chi connectivity index (χ0) is 16.8. The van der Waals surface area contributed by atoms with Gasteiger partial charge in [-0.15, -0.1) is 11.8 Å². The van der Waals surface area contributed by atoms with Crippen LogP contribution >= 0.6 is 23.5 Å². The lowest BCUT2D eigenvalue weighted by Crippen LogP contribution is -1.98. The van der Waals surface area contributed by atoms with Gasteiger partial charge < -0.3 is 4.57 Å². The molecule has 24 heavy (non-hydrogen) atoms. The zero-order valence-corrected chi connectivity index (χ0v) is 14.9. The Labute approximate surface area is 150 Å². The molecule has 0 aliphatic rings. The number of thioether (sulfide) groups is 2. The first-order valence-electron chi connectivity index (χ1n) is 7.63. The van der Waals surface area contributed by atoms with Crippen molar-refractivity contribution in [2.45, 2.75) is 17.1 Å². The number of hydrogen-bond donors (Lipinski definition) is 0. The molecule has 120 valence electrons. The first-order chi connectivity index (χ1) is 11.8. The Balaban J connectivity index is 1.75. The van der Waals surface area contributed by atoms with E-state index in [1.54, 1.807) is 24.2 Å². The van der Waals surface area contributed by atoms with E-state index in [-0.39, 0.29) is 0 Å². The highest BCUT2D eigenvalue weighted by Crippen LogP contribution is 2.28. The van der Waals surface area contributed by atoms with Gasteiger partial charge in [0.2, 0.25) is 0 Å². The molecule has 1 atom stereocenters. The van der Waals surface area contributed by atoms with Crippen molar-refractivity contribution in [1.29, 1.82) is 5.26 Å². The van der Waals surface area contributed by atoms with Crippen molar-refractivity contribution in [2.75, 3.05) is 5.75 Å². The third kappa shape index (κ3) is 4.02. The van der Waals surface area contributed by atoms with E-state index in [4.69, 9.17) is 5.26 Å². The molecule has 0 N–H and O–H groups in total. The molecule has 2 aromatic heterocycles. The normalized spacial score (nSPS) is 11.8. The smallest absolute Gasteiger partial charge is 0.133 e. The summed E-state index contributed by atoms with van der Waals surface area (Å²) >= 11 is 3.12. The van der Waals surface area contributed by atoms with Crippen LogP contribution in [0.3, 0.4) is 0 Å². The van der Waals surface area contributed by atoms with Gasteiger partial charge in [0.25, 0.3) is 0 Å². The minimum atomic E-state index is 0.337. The molecular formula is C19H17N3S2. The summed E-state index contributed by atoms with van der Waals surface area (Å²) in [5, 5.41) is 11.2. The van der Waals surface area contributed by atoms with Gasteiger partial charge in [0, 0.05) is 40.2 Å². The van der Waals surface area contributed by atoms with Crippen LogP contribution in [-0.4, -0.2) is 20.6 Å². The van der Waals surface area contributed by atoms with Crippen molar-refractivity contribution in [3.05, 3.63) is 67.1 Å². The van der Waals surface area contributed by atoms with E-state index in [0.717, 1.165) is 17.1 Å². The highest BCUT2D eigenvalue weighted by molar-refractivity contribution is 8.06. The summed E-state index contributed by atoms with van der Waals surface area (Å²) in [6.45, 7) is 2.08. The van der Waals surface area contributed by atoms with Gasteiger partial charge in [-0.25, -0.2) is 0 Å². The van der Waals surface area contributed by atoms with Crippen molar-refractivity contribution in [2.24, 2.45) is 0 Å². The van der Waals surface area contributed by atoms with Gasteiger partial charge in [-0.3, -0.25) is 4.98 Å². The van der Waals surface area contributed by atoms with Crippen LogP contribution in [0.5, 0.6) is 0 Å². The first-order valence-corrected chi connectivity index (χ1v) is 9.50. The van der Waals surface area contributed by atoms with Gasteiger partial charge in [0.1, 0.15) is 5.40 Å². The van der Waals surface area contributed by atoms with E-state index in [1.807, 2.05) is 12.1 Å². The molecule has 0 amide bonds. The van der Waals surface area contributed by atoms with E-state index in [9.17, 15) is 0 Å². The van der Waals surface area contributed by atoms with E-state index in [2.05, 4.69) is 64.5 Å². The van der Waals surface area contributed by atoms with Crippen LogP contribution < -0.4 is 0 Å². The number of rotatable bonds is 6. The molecule has 3 aromatic rings. The Bertz CT molecular complexity index is 820. The van der Waals surface area contributed by atoms with Gasteiger partial charge in [0.05, 0.1) is 5.69 Å². The molecule has 1 unspecified atom stereocenters. The minimum absolute atomic E-state index is 0.337. The van der Waals surface area contributed by atoms with Crippen LogP contribution in [-0.2, 0) is 0 Å². The fourth-order valence-corrected chi connectivity index (χ4v) is 3.82. The van der Waals surface area contributed by atoms with Gasteiger partial charge in [-0.2, -0.15) is 5.26 Å². The molecule has 2 heterocycles. The maximum atomic E-state index is 8.69. The molecule has 3 rings (SSSR count). The van der Waals surface area contributed by atoms with Gasteiger partial charge in [-0.1, -0.05) is 19.1 Å². The number of nitrogens with zero attached hydrogens (tertiary/aromatic N) is 3. The predicted octanol–water partition coefficient (Wildman–Crippen LogP) is 5.23. The van der Waals surface area contributed by atoms with Crippen molar-refractivity contribution in [1.82, 2.24) is 9.55 Å². The lowest BCUT2D eigenvalue weighted by molar-refractivity contribution is 1.07. The topological polar surface area (TPSA) is 41.6 Å². The largest absolute Gasteiger partial charge is 0.316 e. The van der Waals surface area contributed by atoms with Crippen LogP contribution in [0.2, 0.25) is 0 Å². The zero-order valence-electron chi connectivity index (χ0n) is 13.3. The molecule has 5 heteroatoms. The Kier molecular flexibility index (Phi) is 5.63. The van der Waals surface area contributed by atoms with E-state index >= 15 is 0 Å². The molecule has 3 nitrogen and oxygen atoms in total. The second-order valence-electron chi connectivity index (χ2n) is 5.32. The number of pyridine rings is 1. The third-order valence-corrected chi connectivity index (χ3v) is 5.74. The van der Waals surface area contributed by atoms with Crippen LogP contribution in [0.25, 0.3) is 16.9 Å². The summed E-state index contributed by atoms with van der Waals surface area (Å²) in [6, 6.07) is 16.8. The Morgan fingerprint density at radius 2 is 1.88 bits per heavy atom. The van der Waals surface area contributed by atoms with Crippen LogP contribution in [0.15, 0.2) is 72.0 Å². The molecule has 0 saturated carbocycles. The summed E-state index contributed by atoms with van der Waals surface area (Å²) in [5.41, 5.74) is 3.44. The van der Waals surface area contributed by atoms with E-state index < -0.39 is 0 Å². The molecular weight excluding hydrogens is 334 g/mol. The average Bonchev–Trinajstić information content (AvgIpc) is 3.11. The lowest BCUT2D eigenvalue weighted by atomic mass is 10.1. The maximum Gasteiger partial charge on any atom is 0.133 e. The second-order valence-corrected chi connectivity index (χ2v) is 7.64. The fraction of sp³-hybridized carbons (Fsp3) is 0.158. The van der Waals surface area contributed by atoms with Gasteiger partial charge in [-0.05, 0) is 53.7 Å². The number of nitriles is 1. The molecule has 1 aromatic carbocycles. The second kappa shape index (κ2) is 8.09. The van der Waals surface area contributed by atoms with Crippen LogP contribution in [0.4, 0.5) is 0 Å². The van der Waals surface area contributed by atoms with Crippen molar-refractivity contribution in [3.63, 3.8) is 0 Å². The third-order valence-electron chi connectivity index (χ3n) is 3.58. The number of benzene rings is 1. The summed E-state index contributed by atoms with van der Waals surface area (Å²) in [4.78, 5) is 5.31. The SMILES string of the molecule is CC(CSc1ccc(-c2cccn2-c2ccncc2)cc1)SC#N. The van der Waals surface area contributed by atoms with Gasteiger partial charge in [0.15, 0.2) is 0 Å². The number of hydrogen-bond acceptors (Lipinski definition) is 4. The summed E-state index contributed by atoms with van der Waals surface area (Å²) in [6.07, 6.45) is 5.67. The lowest BCUT2D eigenvalue weighted by Gasteiger charge is -2.10. The molecule has 0 bridgehead atoms. The Hall–Kier alpha value is -2.16. The monoisotopic (exact) mass is 351 g/mol. The van der Waals surface area contributed by atoms with Crippen molar-refractivity contribution in [3.8, 4) is 22.3 Å². The Morgan fingerprint density at radius 3 is 2.58 bits per heavy atom. The van der Waals surface area contributed by atoms with Crippen molar-refractivity contribution < 1.29 is 0 Å². The maximum absolute atomic E-state index is 8.69. The molecule has 0 aliphatic carbocycles. The van der Waals surface area contributed by atoms with Crippen LogP contribution in [0.1, 0.15) is 6.92 Å². The summed E-state index contributed by atoms with van der Waals surface area (Å²) in [5.74, 6) is 0.935. The molecule has 0 fully saturated rings. The quantitative estimate of drug-likeness (QED) is 0.450. The summed E-state index contributed by atoms with van der Waals surface area (Å²) < 4.78 is 2.16. The standard InChI is InChI=1S/C19H17N3S2/c1-15(24-14-20)13-23-18-6-4-16(5-7-18)19-3-2-12-22(19)17-8-10-21-11-9-17/h2-12,15H,13H2,1H3. The molecule has 0 radical (unpaired) electrons. The fourth-order valence-electron chi connectivity index (χ4n) is 2.41. The molecule has 0 saturated heterocycles. The van der Waals surface area contributed by atoms with E-state index in [0.29, 0.717) is 5.25 Å². The van der Waals surface area contributed by atoms with E-state index in [1.165, 1.54) is 22.2 Å².